The molecule has 0 spiro atoms. The van der Waals surface area contributed by atoms with Crippen LogP contribution in [0, 0.1) is 0 Å². The number of hydrogen-bond acceptors (Lipinski definition) is 4. The van der Waals surface area contributed by atoms with Gasteiger partial charge in [-0.3, -0.25) is 14.4 Å². The minimum atomic E-state index is -0.465. The number of thioether (sulfide) groups is 1. The van der Waals surface area contributed by atoms with Crippen LogP contribution in [0.1, 0.15) is 22.8 Å². The van der Waals surface area contributed by atoms with Crippen LogP contribution >= 0.6 is 11.8 Å². The monoisotopic (exact) mass is 610 g/mol. The summed E-state index contributed by atoms with van der Waals surface area (Å²) >= 11 is 1.42. The highest BCUT2D eigenvalue weighted by molar-refractivity contribution is 8.00. The maximum atomic E-state index is 13.5. The van der Waals surface area contributed by atoms with Crippen molar-refractivity contribution in [3.8, 4) is 0 Å². The molecule has 0 fully saturated rings. The Labute approximate surface area is 264 Å². The van der Waals surface area contributed by atoms with Crippen molar-refractivity contribution in [2.75, 3.05) is 10.6 Å². The molecule has 7 nitrogen and oxygen atoms in total. The summed E-state index contributed by atoms with van der Waals surface area (Å²) in [6.07, 6.45) is 3.46. The second-order valence-corrected chi connectivity index (χ2v) is 11.8. The van der Waals surface area contributed by atoms with Gasteiger partial charge in [0.2, 0.25) is 5.91 Å². The average molecular weight is 611 g/mol. The zero-order valence-electron chi connectivity index (χ0n) is 24.4. The molecule has 3 amide bonds. The van der Waals surface area contributed by atoms with Crippen LogP contribution in [0.5, 0.6) is 0 Å². The number of carbonyl (C=O) groups excluding carboxylic acids is 3. The number of aromatic nitrogens is 1. The van der Waals surface area contributed by atoms with Crippen LogP contribution in [-0.2, 0) is 9.59 Å². The van der Waals surface area contributed by atoms with Crippen LogP contribution in [0.15, 0.2) is 138 Å². The average Bonchev–Trinajstić information content (AvgIpc) is 3.48. The summed E-state index contributed by atoms with van der Waals surface area (Å²) < 4.78 is 0. The molecule has 1 heterocycles. The lowest BCUT2D eigenvalue weighted by atomic mass is 10.1. The summed E-state index contributed by atoms with van der Waals surface area (Å²) in [5.74, 6) is -0.956. The molecule has 1 aromatic heterocycles. The molecule has 0 bridgehead atoms. The van der Waals surface area contributed by atoms with Crippen molar-refractivity contribution in [1.29, 1.82) is 0 Å². The first-order valence-corrected chi connectivity index (χ1v) is 15.3. The molecule has 0 aliphatic rings. The summed E-state index contributed by atoms with van der Waals surface area (Å²) in [6, 6.07) is 37.5. The van der Waals surface area contributed by atoms with E-state index in [1.54, 1.807) is 48.7 Å². The van der Waals surface area contributed by atoms with Crippen molar-refractivity contribution in [3.05, 3.63) is 144 Å². The van der Waals surface area contributed by atoms with Crippen molar-refractivity contribution in [2.45, 2.75) is 17.1 Å². The van der Waals surface area contributed by atoms with Gasteiger partial charge in [-0.15, -0.1) is 11.8 Å². The molecule has 45 heavy (non-hydrogen) atoms. The van der Waals surface area contributed by atoms with Crippen LogP contribution < -0.4 is 16.0 Å². The Morgan fingerprint density at radius 1 is 0.733 bits per heavy atom. The fourth-order valence-corrected chi connectivity index (χ4v) is 5.82. The van der Waals surface area contributed by atoms with Crippen LogP contribution in [0.25, 0.3) is 27.8 Å². The maximum absolute atomic E-state index is 13.5. The summed E-state index contributed by atoms with van der Waals surface area (Å²) in [7, 11) is 0. The molecule has 0 saturated carbocycles. The lowest BCUT2D eigenvalue weighted by Crippen LogP contribution is -2.30. The highest BCUT2D eigenvalue weighted by atomic mass is 32.2. The summed E-state index contributed by atoms with van der Waals surface area (Å²) in [6.45, 7) is 1.86. The molecule has 4 N–H and O–H groups in total. The van der Waals surface area contributed by atoms with E-state index in [4.69, 9.17) is 0 Å². The summed E-state index contributed by atoms with van der Waals surface area (Å²) in [5.41, 5.74) is 3.56. The lowest BCUT2D eigenvalue weighted by molar-refractivity contribution is -0.115. The number of aromatic amines is 1. The largest absolute Gasteiger partial charge is 0.361 e. The number of hydrogen-bond donors (Lipinski definition) is 4. The summed E-state index contributed by atoms with van der Waals surface area (Å²) in [5, 5.41) is 11.3. The van der Waals surface area contributed by atoms with E-state index in [1.807, 2.05) is 91.9 Å². The van der Waals surface area contributed by atoms with Crippen molar-refractivity contribution in [3.63, 3.8) is 0 Å². The van der Waals surface area contributed by atoms with Crippen molar-refractivity contribution in [2.24, 2.45) is 0 Å². The third-order valence-corrected chi connectivity index (χ3v) is 8.40. The first-order chi connectivity index (χ1) is 21.9. The predicted octanol–water partition coefficient (Wildman–Crippen LogP) is 7.85. The number of rotatable bonds is 9. The van der Waals surface area contributed by atoms with E-state index in [9.17, 15) is 14.4 Å². The Bertz CT molecular complexity index is 2030. The van der Waals surface area contributed by atoms with Gasteiger partial charge >= 0.3 is 0 Å². The molecule has 6 aromatic rings. The van der Waals surface area contributed by atoms with E-state index in [1.165, 1.54) is 11.8 Å². The minimum Gasteiger partial charge on any atom is -0.361 e. The van der Waals surface area contributed by atoms with E-state index in [0.29, 0.717) is 11.3 Å². The van der Waals surface area contributed by atoms with E-state index in [0.717, 1.165) is 37.8 Å². The Balaban J connectivity index is 1.15. The Morgan fingerprint density at radius 2 is 1.42 bits per heavy atom. The van der Waals surface area contributed by atoms with Crippen molar-refractivity contribution >= 4 is 68.6 Å². The van der Waals surface area contributed by atoms with E-state index in [-0.39, 0.29) is 22.8 Å². The van der Waals surface area contributed by atoms with Crippen LogP contribution in [-0.4, -0.2) is 28.0 Å². The molecule has 0 saturated heterocycles. The van der Waals surface area contributed by atoms with Gasteiger partial charge in [-0.25, -0.2) is 0 Å². The molecule has 222 valence electrons. The van der Waals surface area contributed by atoms with E-state index in [2.05, 4.69) is 20.9 Å². The second kappa shape index (κ2) is 13.4. The van der Waals surface area contributed by atoms with Gasteiger partial charge in [-0.2, -0.15) is 0 Å². The van der Waals surface area contributed by atoms with Gasteiger partial charge in [0, 0.05) is 49.9 Å². The number of para-hydroxylation sites is 1. The van der Waals surface area contributed by atoms with Crippen LogP contribution in [0.4, 0.5) is 11.4 Å². The zero-order chi connectivity index (χ0) is 31.2. The molecule has 5 aromatic carbocycles. The van der Waals surface area contributed by atoms with Gasteiger partial charge < -0.3 is 20.9 Å². The third-order valence-electron chi connectivity index (χ3n) is 7.29. The lowest BCUT2D eigenvalue weighted by Gasteiger charge is -2.14. The smallest absolute Gasteiger partial charge is 0.272 e. The molecule has 0 aliphatic heterocycles. The molecular formula is C37H30N4O3S. The number of fused-ring (bicyclic) bond motifs is 2. The number of anilines is 2. The SMILES string of the molecule is C[C@@H](Sc1ccc(NC(=O)/C(=C\c2c[nH]c3ccccc23)NC(=O)c2ccccc2)cc1)C(=O)Nc1cccc2ccccc12. The molecular weight excluding hydrogens is 580 g/mol. The fraction of sp³-hybridized carbons (Fsp3) is 0.0541. The highest BCUT2D eigenvalue weighted by Crippen LogP contribution is 2.28. The van der Waals surface area contributed by atoms with Gasteiger partial charge in [0.25, 0.3) is 11.8 Å². The predicted molar refractivity (Wildman–Crippen MR) is 183 cm³/mol. The van der Waals surface area contributed by atoms with E-state index >= 15 is 0 Å². The number of nitrogens with one attached hydrogen (secondary N) is 4. The van der Waals surface area contributed by atoms with Crippen molar-refractivity contribution < 1.29 is 14.4 Å². The Morgan fingerprint density at radius 3 is 2.22 bits per heavy atom. The first kappa shape index (κ1) is 29.5. The topological polar surface area (TPSA) is 103 Å². The van der Waals surface area contributed by atoms with Crippen LogP contribution in [0.3, 0.4) is 0 Å². The zero-order valence-corrected chi connectivity index (χ0v) is 25.2. The molecule has 0 unspecified atom stereocenters. The summed E-state index contributed by atoms with van der Waals surface area (Å²) in [4.78, 5) is 43.6. The molecule has 1 atom stereocenters. The Hall–Kier alpha value is -5.60. The quantitative estimate of drug-likeness (QED) is 0.0989. The second-order valence-electron chi connectivity index (χ2n) is 10.4. The number of amides is 3. The van der Waals surface area contributed by atoms with Gasteiger partial charge in [-0.05, 0) is 66.9 Å². The Kier molecular flexibility index (Phi) is 8.75. The normalized spacial score (nSPS) is 12.1. The molecule has 0 radical (unpaired) electrons. The van der Waals surface area contributed by atoms with Crippen molar-refractivity contribution in [1.82, 2.24) is 10.3 Å². The fourth-order valence-electron chi connectivity index (χ4n) is 4.95. The maximum Gasteiger partial charge on any atom is 0.272 e. The number of benzene rings is 5. The molecule has 6 rings (SSSR count). The standard InChI is InChI=1S/C37H30N4O3S/c1-24(35(42)40-33-17-9-13-25-10-5-6-14-30(25)33)45-29-20-18-28(19-21-29)39-37(44)34(41-36(43)26-11-3-2-4-12-26)22-27-23-38-32-16-8-7-15-31(27)32/h2-24,38H,1H3,(H,39,44)(H,40,42)(H,41,43)/b34-22+/t24-/m1/s1. The molecule has 0 aliphatic carbocycles. The highest BCUT2D eigenvalue weighted by Gasteiger charge is 2.18. The molecule has 8 heteroatoms. The van der Waals surface area contributed by atoms with Gasteiger partial charge in [0.05, 0.1) is 5.25 Å². The number of H-pyrrole nitrogens is 1. The van der Waals surface area contributed by atoms with Gasteiger partial charge in [0.1, 0.15) is 5.70 Å². The van der Waals surface area contributed by atoms with Gasteiger partial charge in [0.15, 0.2) is 0 Å². The minimum absolute atomic E-state index is 0.102. The van der Waals surface area contributed by atoms with Crippen LogP contribution in [0.2, 0.25) is 0 Å². The van der Waals surface area contributed by atoms with Gasteiger partial charge in [-0.1, -0.05) is 72.8 Å². The third kappa shape index (κ3) is 6.98. The number of carbonyl (C=O) groups is 3. The van der Waals surface area contributed by atoms with E-state index < -0.39 is 5.91 Å². The first-order valence-electron chi connectivity index (χ1n) is 14.5.